The smallest absolute Gasteiger partial charge is 0.222 e. The SMILES string of the molecule is CC(C)C1C=C(I)c2c(Cl)nc(Cl)nc2CC1. The molecule has 1 aromatic heterocycles. The first-order valence-electron chi connectivity index (χ1n) is 5.58. The van der Waals surface area contributed by atoms with E-state index in [4.69, 9.17) is 23.2 Å². The predicted molar refractivity (Wildman–Crippen MR) is 80.7 cm³/mol. The van der Waals surface area contributed by atoms with E-state index in [2.05, 4.69) is 52.5 Å². The van der Waals surface area contributed by atoms with E-state index in [0.717, 1.165) is 27.7 Å². The molecule has 1 aliphatic rings. The zero-order chi connectivity index (χ0) is 12.6. The van der Waals surface area contributed by atoms with Crippen LogP contribution in [0.15, 0.2) is 6.08 Å². The average molecular weight is 383 g/mol. The van der Waals surface area contributed by atoms with Crippen molar-refractivity contribution >= 4 is 49.4 Å². The Morgan fingerprint density at radius 1 is 1.35 bits per heavy atom. The standard InChI is InChI=1S/C12H13Cl2IN2/c1-6(2)7-3-4-9-10(8(15)5-7)11(13)17-12(14)16-9/h5-7H,3-4H2,1-2H3. The van der Waals surface area contributed by atoms with Gasteiger partial charge in [0.25, 0.3) is 0 Å². The molecule has 0 bridgehead atoms. The van der Waals surface area contributed by atoms with E-state index in [-0.39, 0.29) is 5.28 Å². The van der Waals surface area contributed by atoms with Crippen LogP contribution < -0.4 is 0 Å². The Morgan fingerprint density at radius 3 is 2.71 bits per heavy atom. The number of hydrogen-bond donors (Lipinski definition) is 0. The number of nitrogens with zero attached hydrogens (tertiary/aromatic N) is 2. The minimum Gasteiger partial charge on any atom is -0.222 e. The molecule has 17 heavy (non-hydrogen) atoms. The van der Waals surface area contributed by atoms with Crippen LogP contribution in [0.25, 0.3) is 3.58 Å². The van der Waals surface area contributed by atoms with E-state index in [9.17, 15) is 0 Å². The molecule has 5 heteroatoms. The number of hydrogen-bond acceptors (Lipinski definition) is 2. The molecule has 1 unspecified atom stereocenters. The molecule has 0 amide bonds. The highest BCUT2D eigenvalue weighted by Gasteiger charge is 2.22. The molecule has 1 aliphatic carbocycles. The molecular formula is C12H13Cl2IN2. The lowest BCUT2D eigenvalue weighted by molar-refractivity contribution is 0.438. The van der Waals surface area contributed by atoms with Crippen molar-refractivity contribution in [2.75, 3.05) is 0 Å². The second-order valence-corrected chi connectivity index (χ2v) is 6.42. The summed E-state index contributed by atoms with van der Waals surface area (Å²) in [5.41, 5.74) is 1.93. The van der Waals surface area contributed by atoms with E-state index in [1.807, 2.05) is 0 Å². The number of rotatable bonds is 1. The van der Waals surface area contributed by atoms with Gasteiger partial charge >= 0.3 is 0 Å². The Kier molecular flexibility index (Phi) is 4.31. The zero-order valence-electron chi connectivity index (χ0n) is 9.67. The normalized spacial score (nSPS) is 19.9. The van der Waals surface area contributed by atoms with E-state index in [0.29, 0.717) is 17.0 Å². The molecule has 0 N–H and O–H groups in total. The summed E-state index contributed by atoms with van der Waals surface area (Å²) in [4.78, 5) is 8.33. The van der Waals surface area contributed by atoms with Crippen LogP contribution in [0.5, 0.6) is 0 Å². The molecule has 0 aliphatic heterocycles. The van der Waals surface area contributed by atoms with Gasteiger partial charge in [0.2, 0.25) is 5.28 Å². The summed E-state index contributed by atoms with van der Waals surface area (Å²) in [6.07, 6.45) is 4.27. The third-order valence-corrected chi connectivity index (χ3v) is 4.42. The van der Waals surface area contributed by atoms with Crippen LogP contribution in [0.2, 0.25) is 10.4 Å². The first-order chi connectivity index (χ1) is 7.99. The molecule has 1 aromatic rings. The lowest BCUT2D eigenvalue weighted by atomic mass is 9.92. The topological polar surface area (TPSA) is 25.8 Å². The minimum atomic E-state index is 0.237. The number of aromatic nitrogens is 2. The van der Waals surface area contributed by atoms with Crippen molar-refractivity contribution in [3.05, 3.63) is 27.8 Å². The molecule has 0 spiro atoms. The fourth-order valence-electron chi connectivity index (χ4n) is 2.05. The monoisotopic (exact) mass is 382 g/mol. The van der Waals surface area contributed by atoms with Crippen molar-refractivity contribution in [3.8, 4) is 0 Å². The van der Waals surface area contributed by atoms with Gasteiger partial charge in [0.15, 0.2) is 0 Å². The maximum atomic E-state index is 6.16. The van der Waals surface area contributed by atoms with Crippen LogP contribution in [0.4, 0.5) is 0 Å². The summed E-state index contributed by atoms with van der Waals surface area (Å²) >= 11 is 14.3. The van der Waals surface area contributed by atoms with Gasteiger partial charge in [-0.2, -0.15) is 0 Å². The van der Waals surface area contributed by atoms with Crippen LogP contribution in [0.1, 0.15) is 31.5 Å². The quantitative estimate of drug-likeness (QED) is 0.397. The first-order valence-corrected chi connectivity index (χ1v) is 7.42. The molecule has 0 saturated heterocycles. The Hall–Kier alpha value is 0.130. The molecule has 92 valence electrons. The lowest BCUT2D eigenvalue weighted by Crippen LogP contribution is -2.06. The zero-order valence-corrected chi connectivity index (χ0v) is 13.3. The van der Waals surface area contributed by atoms with Crippen molar-refractivity contribution in [1.82, 2.24) is 9.97 Å². The molecule has 2 nitrogen and oxygen atoms in total. The van der Waals surface area contributed by atoms with Crippen molar-refractivity contribution in [3.63, 3.8) is 0 Å². The summed E-state index contributed by atoms with van der Waals surface area (Å²) in [6.45, 7) is 4.47. The van der Waals surface area contributed by atoms with Gasteiger partial charge < -0.3 is 0 Å². The van der Waals surface area contributed by atoms with Gasteiger partial charge in [-0.15, -0.1) is 0 Å². The van der Waals surface area contributed by atoms with Gasteiger partial charge in [0, 0.05) is 9.14 Å². The number of allylic oxidation sites excluding steroid dienone is 1. The molecule has 1 atom stereocenters. The highest BCUT2D eigenvalue weighted by atomic mass is 127. The predicted octanol–water partition coefficient (Wildman–Crippen LogP) is 4.78. The third-order valence-electron chi connectivity index (χ3n) is 3.08. The Balaban J connectivity index is 2.49. The Morgan fingerprint density at radius 2 is 2.06 bits per heavy atom. The third kappa shape index (κ3) is 2.93. The molecule has 2 rings (SSSR count). The molecular weight excluding hydrogens is 370 g/mol. The van der Waals surface area contributed by atoms with Gasteiger partial charge in [-0.3, -0.25) is 0 Å². The maximum absolute atomic E-state index is 6.16. The van der Waals surface area contributed by atoms with Crippen LogP contribution in [-0.4, -0.2) is 9.97 Å². The summed E-state index contributed by atoms with van der Waals surface area (Å²) in [5, 5.41) is 0.700. The molecule has 1 heterocycles. The Labute approximate surface area is 125 Å². The molecule has 0 fully saturated rings. The molecule has 0 radical (unpaired) electrons. The fourth-order valence-corrected chi connectivity index (χ4v) is 3.76. The van der Waals surface area contributed by atoms with Crippen LogP contribution in [-0.2, 0) is 6.42 Å². The van der Waals surface area contributed by atoms with Crippen molar-refractivity contribution in [2.45, 2.75) is 26.7 Å². The van der Waals surface area contributed by atoms with Crippen LogP contribution in [0, 0.1) is 11.8 Å². The van der Waals surface area contributed by atoms with E-state index in [1.54, 1.807) is 0 Å². The Bertz CT molecular complexity index is 472. The van der Waals surface area contributed by atoms with Crippen LogP contribution in [0.3, 0.4) is 0 Å². The second kappa shape index (κ2) is 5.41. The maximum Gasteiger partial charge on any atom is 0.224 e. The summed E-state index contributed by atoms with van der Waals surface area (Å²) in [7, 11) is 0. The highest BCUT2D eigenvalue weighted by molar-refractivity contribution is 14.1. The van der Waals surface area contributed by atoms with Gasteiger partial charge in [-0.05, 0) is 58.9 Å². The second-order valence-electron chi connectivity index (χ2n) is 4.57. The summed E-state index contributed by atoms with van der Waals surface area (Å²) in [5.74, 6) is 1.18. The van der Waals surface area contributed by atoms with Crippen molar-refractivity contribution < 1.29 is 0 Å². The number of fused-ring (bicyclic) bond motifs is 1. The van der Waals surface area contributed by atoms with E-state index in [1.165, 1.54) is 0 Å². The van der Waals surface area contributed by atoms with E-state index < -0.39 is 0 Å². The van der Waals surface area contributed by atoms with Crippen molar-refractivity contribution in [1.29, 1.82) is 0 Å². The number of halogens is 3. The highest BCUT2D eigenvalue weighted by Crippen LogP contribution is 2.37. The lowest BCUT2D eigenvalue weighted by Gasteiger charge is -2.14. The van der Waals surface area contributed by atoms with E-state index >= 15 is 0 Å². The van der Waals surface area contributed by atoms with Crippen molar-refractivity contribution in [2.24, 2.45) is 11.8 Å². The van der Waals surface area contributed by atoms with Crippen LogP contribution >= 0.6 is 45.8 Å². The fraction of sp³-hybridized carbons (Fsp3) is 0.500. The van der Waals surface area contributed by atoms with Gasteiger partial charge in [-0.25, -0.2) is 9.97 Å². The molecule has 0 saturated carbocycles. The van der Waals surface area contributed by atoms with Gasteiger partial charge in [0.1, 0.15) is 5.15 Å². The largest absolute Gasteiger partial charge is 0.224 e. The number of aryl methyl sites for hydroxylation is 1. The molecule has 0 aromatic carbocycles. The summed E-state index contributed by atoms with van der Waals surface area (Å²) < 4.78 is 1.13. The summed E-state index contributed by atoms with van der Waals surface area (Å²) in [6, 6.07) is 0. The first kappa shape index (κ1) is 13.6. The minimum absolute atomic E-state index is 0.237. The van der Waals surface area contributed by atoms with Gasteiger partial charge in [0.05, 0.1) is 5.69 Å². The average Bonchev–Trinajstić information content (AvgIpc) is 2.37. The van der Waals surface area contributed by atoms with Gasteiger partial charge in [-0.1, -0.05) is 31.5 Å².